The van der Waals surface area contributed by atoms with E-state index in [4.69, 9.17) is 5.11 Å². The van der Waals surface area contributed by atoms with E-state index in [2.05, 4.69) is 0 Å². The van der Waals surface area contributed by atoms with E-state index < -0.39 is 0 Å². The molecule has 1 fully saturated rings. The van der Waals surface area contributed by atoms with Crippen LogP contribution in [0.4, 0.5) is 5.69 Å². The van der Waals surface area contributed by atoms with Gasteiger partial charge in [-0.1, -0.05) is 0 Å². The summed E-state index contributed by atoms with van der Waals surface area (Å²) >= 11 is 1.66. The van der Waals surface area contributed by atoms with Crippen LogP contribution >= 0.6 is 11.8 Å². The van der Waals surface area contributed by atoms with Crippen molar-refractivity contribution < 1.29 is 9.90 Å². The Morgan fingerprint density at radius 1 is 1.29 bits per heavy atom. The molecule has 1 aliphatic rings. The average Bonchev–Trinajstić information content (AvgIpc) is 2.20. The van der Waals surface area contributed by atoms with E-state index in [1.54, 1.807) is 40.9 Å². The fourth-order valence-electron chi connectivity index (χ4n) is 1.42. The summed E-state index contributed by atoms with van der Waals surface area (Å²) in [5, 5.41) is 9.11. The van der Waals surface area contributed by atoms with Crippen molar-refractivity contribution in [3.63, 3.8) is 0 Å². The van der Waals surface area contributed by atoms with Gasteiger partial charge in [0.2, 0.25) is 5.91 Å². The van der Waals surface area contributed by atoms with Crippen molar-refractivity contribution in [2.24, 2.45) is 0 Å². The van der Waals surface area contributed by atoms with Gasteiger partial charge in [-0.2, -0.15) is 11.8 Å². The number of anilines is 1. The Kier molecular flexibility index (Phi) is 2.63. The molecule has 0 spiro atoms. The molecular formula is C10H11NO2S. The number of hydrogen-bond acceptors (Lipinski definition) is 3. The van der Waals surface area contributed by atoms with Crippen molar-refractivity contribution in [3.8, 4) is 5.75 Å². The molecule has 0 bridgehead atoms. The maximum absolute atomic E-state index is 11.5. The van der Waals surface area contributed by atoms with Gasteiger partial charge < -0.3 is 10.0 Å². The van der Waals surface area contributed by atoms with E-state index in [9.17, 15) is 4.79 Å². The Balaban J connectivity index is 2.20. The van der Waals surface area contributed by atoms with Crippen molar-refractivity contribution >= 4 is 23.4 Å². The lowest BCUT2D eigenvalue weighted by molar-refractivity contribution is -0.116. The molecule has 0 aromatic heterocycles. The third-order valence-electron chi connectivity index (χ3n) is 2.15. The molecule has 0 unspecified atom stereocenters. The second kappa shape index (κ2) is 3.92. The topological polar surface area (TPSA) is 40.5 Å². The normalized spacial score (nSPS) is 17.1. The third-order valence-corrected chi connectivity index (χ3v) is 3.07. The minimum Gasteiger partial charge on any atom is -0.508 e. The van der Waals surface area contributed by atoms with Gasteiger partial charge in [-0.05, 0) is 24.3 Å². The van der Waals surface area contributed by atoms with E-state index in [1.807, 2.05) is 0 Å². The molecule has 1 amide bonds. The lowest BCUT2D eigenvalue weighted by atomic mass is 10.2. The number of carbonyl (C=O) groups is 1. The molecule has 0 radical (unpaired) electrons. The molecule has 2 rings (SSSR count). The third kappa shape index (κ3) is 1.85. The van der Waals surface area contributed by atoms with Gasteiger partial charge in [0.15, 0.2) is 0 Å². The molecule has 1 heterocycles. The summed E-state index contributed by atoms with van der Waals surface area (Å²) in [7, 11) is 0. The molecule has 3 nitrogen and oxygen atoms in total. The Hall–Kier alpha value is -1.16. The van der Waals surface area contributed by atoms with Crippen LogP contribution in [0.3, 0.4) is 0 Å². The number of nitrogens with zero attached hydrogens (tertiary/aromatic N) is 1. The van der Waals surface area contributed by atoms with Crippen LogP contribution in [0.1, 0.15) is 0 Å². The van der Waals surface area contributed by atoms with Crippen LogP contribution < -0.4 is 4.90 Å². The van der Waals surface area contributed by atoms with Crippen molar-refractivity contribution in [2.75, 3.05) is 23.0 Å². The van der Waals surface area contributed by atoms with E-state index in [0.717, 1.165) is 18.0 Å². The van der Waals surface area contributed by atoms with Crippen LogP contribution in [0.2, 0.25) is 0 Å². The summed E-state index contributed by atoms with van der Waals surface area (Å²) in [5.74, 6) is 1.91. The second-order valence-electron chi connectivity index (χ2n) is 3.11. The number of benzene rings is 1. The highest BCUT2D eigenvalue weighted by atomic mass is 32.2. The molecular weight excluding hydrogens is 198 g/mol. The Bertz CT molecular complexity index is 336. The van der Waals surface area contributed by atoms with E-state index in [0.29, 0.717) is 5.75 Å². The molecule has 4 heteroatoms. The van der Waals surface area contributed by atoms with Gasteiger partial charge in [0.1, 0.15) is 5.75 Å². The van der Waals surface area contributed by atoms with Crippen molar-refractivity contribution in [3.05, 3.63) is 24.3 Å². The summed E-state index contributed by atoms with van der Waals surface area (Å²) in [6.07, 6.45) is 0. The first kappa shape index (κ1) is 9.40. The van der Waals surface area contributed by atoms with Gasteiger partial charge in [0, 0.05) is 18.0 Å². The first-order chi connectivity index (χ1) is 6.77. The molecule has 1 aromatic rings. The highest BCUT2D eigenvalue weighted by Gasteiger charge is 2.19. The van der Waals surface area contributed by atoms with Gasteiger partial charge in [0.25, 0.3) is 0 Å². The van der Waals surface area contributed by atoms with Crippen molar-refractivity contribution in [1.82, 2.24) is 0 Å². The molecule has 0 aliphatic carbocycles. The predicted octanol–water partition coefficient (Wildman–Crippen LogP) is 1.47. The Morgan fingerprint density at radius 3 is 2.64 bits per heavy atom. The monoisotopic (exact) mass is 209 g/mol. The van der Waals surface area contributed by atoms with Crippen molar-refractivity contribution in [2.45, 2.75) is 0 Å². The highest BCUT2D eigenvalue weighted by Crippen LogP contribution is 2.22. The van der Waals surface area contributed by atoms with E-state index in [1.165, 1.54) is 0 Å². The number of carbonyl (C=O) groups excluding carboxylic acids is 1. The first-order valence-corrected chi connectivity index (χ1v) is 5.60. The van der Waals surface area contributed by atoms with Crippen LogP contribution in [0.5, 0.6) is 5.75 Å². The molecule has 1 N–H and O–H groups in total. The zero-order valence-electron chi connectivity index (χ0n) is 7.64. The lowest BCUT2D eigenvalue weighted by Crippen LogP contribution is -2.38. The van der Waals surface area contributed by atoms with Crippen LogP contribution in [0.15, 0.2) is 24.3 Å². The van der Waals surface area contributed by atoms with Crippen LogP contribution in [0, 0.1) is 0 Å². The molecule has 1 aromatic carbocycles. The number of phenols is 1. The molecule has 1 saturated heterocycles. The number of hydrogen-bond donors (Lipinski definition) is 1. The second-order valence-corrected chi connectivity index (χ2v) is 4.22. The van der Waals surface area contributed by atoms with Gasteiger partial charge in [0.05, 0.1) is 5.75 Å². The number of phenolic OH excluding ortho intramolecular Hbond substituents is 1. The molecule has 0 atom stereocenters. The maximum atomic E-state index is 11.5. The van der Waals surface area contributed by atoms with Crippen molar-refractivity contribution in [1.29, 1.82) is 0 Å². The van der Waals surface area contributed by atoms with Gasteiger partial charge in [-0.3, -0.25) is 4.79 Å². The number of aromatic hydroxyl groups is 1. The summed E-state index contributed by atoms with van der Waals surface area (Å²) in [6, 6.07) is 6.74. The fraction of sp³-hybridized carbons (Fsp3) is 0.300. The Labute approximate surface area is 86.7 Å². The minimum atomic E-state index is 0.145. The largest absolute Gasteiger partial charge is 0.508 e. The van der Waals surface area contributed by atoms with Gasteiger partial charge >= 0.3 is 0 Å². The van der Waals surface area contributed by atoms with E-state index in [-0.39, 0.29) is 11.7 Å². The van der Waals surface area contributed by atoms with Gasteiger partial charge in [-0.15, -0.1) is 0 Å². The Morgan fingerprint density at radius 2 is 2.00 bits per heavy atom. The average molecular weight is 209 g/mol. The summed E-state index contributed by atoms with van der Waals surface area (Å²) < 4.78 is 0. The first-order valence-electron chi connectivity index (χ1n) is 4.44. The zero-order chi connectivity index (χ0) is 9.97. The van der Waals surface area contributed by atoms with Crippen LogP contribution in [-0.2, 0) is 4.79 Å². The standard InChI is InChI=1S/C10H11NO2S/c12-9-3-1-8(2-4-9)11-5-6-14-7-10(11)13/h1-4,12H,5-7H2. The number of rotatable bonds is 1. The molecule has 0 saturated carbocycles. The summed E-state index contributed by atoms with van der Waals surface area (Å²) in [4.78, 5) is 13.3. The predicted molar refractivity (Wildman–Crippen MR) is 57.8 cm³/mol. The number of amides is 1. The minimum absolute atomic E-state index is 0.145. The SMILES string of the molecule is O=C1CSCCN1c1ccc(O)cc1. The molecule has 14 heavy (non-hydrogen) atoms. The maximum Gasteiger partial charge on any atom is 0.237 e. The fourth-order valence-corrected chi connectivity index (χ4v) is 2.21. The van der Waals surface area contributed by atoms with E-state index >= 15 is 0 Å². The number of thioether (sulfide) groups is 1. The molecule has 1 aliphatic heterocycles. The van der Waals surface area contributed by atoms with Gasteiger partial charge in [-0.25, -0.2) is 0 Å². The highest BCUT2D eigenvalue weighted by molar-refractivity contribution is 8.00. The summed E-state index contributed by atoms with van der Waals surface area (Å²) in [5.41, 5.74) is 0.869. The quantitative estimate of drug-likeness (QED) is 0.761. The smallest absolute Gasteiger partial charge is 0.237 e. The lowest BCUT2D eigenvalue weighted by Gasteiger charge is -2.26. The van der Waals surface area contributed by atoms with Crippen LogP contribution in [0.25, 0.3) is 0 Å². The zero-order valence-corrected chi connectivity index (χ0v) is 8.46. The molecule has 74 valence electrons. The summed E-state index contributed by atoms with van der Waals surface area (Å²) in [6.45, 7) is 0.758. The van der Waals surface area contributed by atoms with Crippen LogP contribution in [-0.4, -0.2) is 29.1 Å².